The van der Waals surface area contributed by atoms with Crippen molar-refractivity contribution in [3.63, 3.8) is 0 Å². The molecule has 1 N–H and O–H groups in total. The van der Waals surface area contributed by atoms with E-state index in [1.54, 1.807) is 0 Å². The van der Waals surface area contributed by atoms with Crippen LogP contribution >= 0.6 is 26.2 Å². The molecule has 0 saturated heterocycles. The van der Waals surface area contributed by atoms with Crippen molar-refractivity contribution in [2.24, 2.45) is 0 Å². The molecule has 0 amide bonds. The van der Waals surface area contributed by atoms with E-state index in [-0.39, 0.29) is 11.3 Å². The summed E-state index contributed by atoms with van der Waals surface area (Å²) >= 11 is 3.20. The first kappa shape index (κ1) is 18.5. The van der Waals surface area contributed by atoms with Gasteiger partial charge < -0.3 is 10.1 Å². The third-order valence-corrected chi connectivity index (χ3v) is 4.79. The van der Waals surface area contributed by atoms with Crippen LogP contribution in [0.1, 0.15) is 10.4 Å². The minimum atomic E-state index is -9.68. The van der Waals surface area contributed by atoms with Gasteiger partial charge in [-0.2, -0.15) is 0 Å². The maximum absolute atomic E-state index is 12.7. The lowest BCUT2D eigenvalue weighted by atomic mass is 10.2. The molecule has 0 saturated carbocycles. The Morgan fingerprint density at radius 3 is 2.08 bits per heavy atom. The van der Waals surface area contributed by atoms with Gasteiger partial charge in [0.2, 0.25) is 0 Å². The highest BCUT2D eigenvalue weighted by Gasteiger charge is 2.65. The molecule has 0 fully saturated rings. The zero-order chi connectivity index (χ0) is 18.2. The van der Waals surface area contributed by atoms with Gasteiger partial charge in [0.15, 0.2) is 0 Å². The van der Waals surface area contributed by atoms with Gasteiger partial charge in [-0.05, 0) is 58.4 Å². The first-order valence-electron chi connectivity index (χ1n) is 6.29. The van der Waals surface area contributed by atoms with Gasteiger partial charge >= 0.3 is 16.2 Å². The molecule has 24 heavy (non-hydrogen) atoms. The summed E-state index contributed by atoms with van der Waals surface area (Å²) in [5, 5.41) is 2.76. The van der Waals surface area contributed by atoms with Crippen LogP contribution in [0, 0.1) is 0 Å². The fourth-order valence-electron chi connectivity index (χ4n) is 1.81. The number of esters is 1. The van der Waals surface area contributed by atoms with Crippen LogP contribution in [0.15, 0.2) is 51.8 Å². The molecule has 0 spiro atoms. The number of benzene rings is 2. The number of ether oxygens (including phenoxy) is 1. The molecule has 2 rings (SSSR count). The number of hydrogen-bond donors (Lipinski definition) is 1. The molecule has 10 heteroatoms. The number of carbonyl (C=O) groups excluding carboxylic acids is 1. The van der Waals surface area contributed by atoms with E-state index in [2.05, 4.69) is 26.0 Å². The SMILES string of the molecule is COC(=O)c1ccc(Nc2ccc(S(F)(F)(F)(F)F)cc2)c(Br)c1. The molecule has 3 nitrogen and oxygen atoms in total. The third kappa shape index (κ3) is 4.38. The summed E-state index contributed by atoms with van der Waals surface area (Å²) in [5.41, 5.74) is 0.876. The topological polar surface area (TPSA) is 38.3 Å². The van der Waals surface area contributed by atoms with Crippen LogP contribution in [-0.4, -0.2) is 13.1 Å². The second kappa shape index (κ2) is 5.35. The molecule has 0 unspecified atom stereocenters. The highest BCUT2D eigenvalue weighted by molar-refractivity contribution is 9.10. The molecular formula is C14H11BrF5NO2S. The van der Waals surface area contributed by atoms with Gasteiger partial charge in [-0.1, -0.05) is 19.4 Å². The second-order valence-corrected chi connectivity index (χ2v) is 8.07. The summed E-state index contributed by atoms with van der Waals surface area (Å²) in [6.45, 7) is 0. The Morgan fingerprint density at radius 1 is 1.04 bits per heavy atom. The lowest BCUT2D eigenvalue weighted by Gasteiger charge is -2.40. The van der Waals surface area contributed by atoms with Gasteiger partial charge in [-0.25, -0.2) is 4.79 Å². The van der Waals surface area contributed by atoms with Crippen molar-refractivity contribution in [3.05, 3.63) is 52.5 Å². The molecule has 0 aromatic heterocycles. The fraction of sp³-hybridized carbons (Fsp3) is 0.0714. The normalized spacial score (nSPS) is 14.5. The van der Waals surface area contributed by atoms with Crippen molar-refractivity contribution in [2.75, 3.05) is 12.4 Å². The second-order valence-electron chi connectivity index (χ2n) is 4.80. The van der Waals surface area contributed by atoms with Crippen molar-refractivity contribution in [3.8, 4) is 0 Å². The Bertz CT molecular complexity index is 794. The Hall–Kier alpha value is -1.81. The average molecular weight is 432 g/mol. The average Bonchev–Trinajstić information content (AvgIpc) is 2.46. The van der Waals surface area contributed by atoms with Crippen molar-refractivity contribution in [2.45, 2.75) is 4.90 Å². The van der Waals surface area contributed by atoms with Crippen LogP contribution in [0.4, 0.5) is 30.8 Å². The molecule has 0 aliphatic carbocycles. The van der Waals surface area contributed by atoms with Crippen LogP contribution in [0.3, 0.4) is 0 Å². The summed E-state index contributed by atoms with van der Waals surface area (Å²) in [6, 6.07) is 6.83. The van der Waals surface area contributed by atoms with Gasteiger partial charge in [0.25, 0.3) is 0 Å². The van der Waals surface area contributed by atoms with E-state index < -0.39 is 21.1 Å². The monoisotopic (exact) mass is 431 g/mol. The Balaban J connectivity index is 2.26. The van der Waals surface area contributed by atoms with E-state index in [1.165, 1.54) is 25.3 Å². The molecule has 132 valence electrons. The summed E-state index contributed by atoms with van der Waals surface area (Å²) in [6.07, 6.45) is 0. The quantitative estimate of drug-likeness (QED) is 0.435. The van der Waals surface area contributed by atoms with Gasteiger partial charge in [0.05, 0.1) is 18.4 Å². The van der Waals surface area contributed by atoms with E-state index in [9.17, 15) is 24.2 Å². The maximum atomic E-state index is 12.7. The number of anilines is 2. The predicted molar refractivity (Wildman–Crippen MR) is 86.6 cm³/mol. The zero-order valence-electron chi connectivity index (χ0n) is 12.0. The van der Waals surface area contributed by atoms with E-state index in [1.807, 2.05) is 0 Å². The molecule has 0 aliphatic rings. The first-order valence-corrected chi connectivity index (χ1v) is 9.03. The largest absolute Gasteiger partial charge is 0.465 e. The van der Waals surface area contributed by atoms with Gasteiger partial charge in [0.1, 0.15) is 4.90 Å². The Morgan fingerprint density at radius 2 is 1.62 bits per heavy atom. The molecule has 0 heterocycles. The number of methoxy groups -OCH3 is 1. The smallest absolute Gasteiger partial charge is 0.337 e. The van der Waals surface area contributed by atoms with Crippen LogP contribution < -0.4 is 5.32 Å². The number of carbonyl (C=O) groups is 1. The van der Waals surface area contributed by atoms with E-state index in [0.717, 1.165) is 12.1 Å². The van der Waals surface area contributed by atoms with Crippen molar-refractivity contribution in [1.82, 2.24) is 0 Å². The highest BCUT2D eigenvalue weighted by atomic mass is 79.9. The maximum Gasteiger partial charge on any atom is 0.337 e. The molecule has 2 aromatic carbocycles. The standard InChI is InChI=1S/C14H11BrF5NO2S/c1-23-14(22)9-2-7-13(12(15)8-9)21-10-3-5-11(6-4-10)24(16,17,18,19)20/h2-8,21H,1H3. The molecule has 0 radical (unpaired) electrons. The van der Waals surface area contributed by atoms with Gasteiger partial charge in [-0.3, -0.25) is 0 Å². The van der Waals surface area contributed by atoms with Crippen molar-refractivity contribution < 1.29 is 29.0 Å². The number of hydrogen-bond acceptors (Lipinski definition) is 3. The third-order valence-electron chi connectivity index (χ3n) is 2.97. The Kier molecular flexibility index (Phi) is 4.13. The highest BCUT2D eigenvalue weighted by Crippen LogP contribution is 3.02. The summed E-state index contributed by atoms with van der Waals surface area (Å²) in [4.78, 5) is 9.43. The Labute approximate surface area is 142 Å². The minimum absolute atomic E-state index is 0.173. The number of halogens is 6. The van der Waals surface area contributed by atoms with Crippen LogP contribution in [0.5, 0.6) is 0 Å². The number of rotatable bonds is 4. The van der Waals surface area contributed by atoms with Crippen molar-refractivity contribution >= 4 is 43.5 Å². The van der Waals surface area contributed by atoms with E-state index >= 15 is 0 Å². The molecular weight excluding hydrogens is 421 g/mol. The molecule has 0 aliphatic heterocycles. The van der Waals surface area contributed by atoms with Crippen LogP contribution in [-0.2, 0) is 4.74 Å². The summed E-state index contributed by atoms with van der Waals surface area (Å²) in [5.74, 6) is -0.553. The van der Waals surface area contributed by atoms with Gasteiger partial charge in [0, 0.05) is 10.2 Å². The predicted octanol–water partition coefficient (Wildman–Crippen LogP) is 6.64. The molecule has 0 atom stereocenters. The van der Waals surface area contributed by atoms with Gasteiger partial charge in [-0.15, -0.1) is 0 Å². The summed E-state index contributed by atoms with van der Waals surface area (Å²) in [7, 11) is -8.45. The summed E-state index contributed by atoms with van der Waals surface area (Å²) < 4.78 is 68.3. The first-order chi connectivity index (χ1) is 10.8. The van der Waals surface area contributed by atoms with Crippen molar-refractivity contribution in [1.29, 1.82) is 0 Å². The van der Waals surface area contributed by atoms with Crippen LogP contribution in [0.2, 0.25) is 0 Å². The minimum Gasteiger partial charge on any atom is -0.465 e. The lowest BCUT2D eigenvalue weighted by molar-refractivity contribution is 0.0600. The number of nitrogens with one attached hydrogen (secondary N) is 1. The molecule has 2 aromatic rings. The molecule has 0 bridgehead atoms. The van der Waals surface area contributed by atoms with E-state index in [4.69, 9.17) is 0 Å². The van der Waals surface area contributed by atoms with Crippen LogP contribution in [0.25, 0.3) is 0 Å². The lowest BCUT2D eigenvalue weighted by Crippen LogP contribution is -2.06. The fourth-order valence-corrected chi connectivity index (χ4v) is 2.94. The zero-order valence-corrected chi connectivity index (χ0v) is 14.4. The van der Waals surface area contributed by atoms with E-state index in [0.29, 0.717) is 22.3 Å².